The predicted molar refractivity (Wildman–Crippen MR) is 61.8 cm³/mol. The first kappa shape index (κ1) is 10.8. The first-order valence-electron chi connectivity index (χ1n) is 6.21. The molecule has 2 atom stereocenters. The maximum absolute atomic E-state index is 6.31. The van der Waals surface area contributed by atoms with Crippen molar-refractivity contribution in [2.75, 3.05) is 13.1 Å². The van der Waals surface area contributed by atoms with E-state index >= 15 is 0 Å². The maximum atomic E-state index is 6.31. The lowest BCUT2D eigenvalue weighted by Crippen LogP contribution is -2.35. The van der Waals surface area contributed by atoms with Gasteiger partial charge in [-0.3, -0.25) is 0 Å². The van der Waals surface area contributed by atoms with E-state index in [-0.39, 0.29) is 0 Å². The summed E-state index contributed by atoms with van der Waals surface area (Å²) in [6.07, 6.45) is 9.65. The zero-order chi connectivity index (χ0) is 9.80. The molecule has 0 bridgehead atoms. The summed E-state index contributed by atoms with van der Waals surface area (Å²) in [6, 6.07) is 0. The van der Waals surface area contributed by atoms with E-state index in [9.17, 15) is 0 Å². The summed E-state index contributed by atoms with van der Waals surface area (Å²) in [6.45, 7) is 2.39. The highest BCUT2D eigenvalue weighted by Gasteiger charge is 2.23. The fourth-order valence-corrected chi connectivity index (χ4v) is 2.93. The van der Waals surface area contributed by atoms with Gasteiger partial charge in [-0.15, -0.1) is 11.6 Å². The van der Waals surface area contributed by atoms with Crippen LogP contribution in [-0.4, -0.2) is 18.5 Å². The average molecular weight is 216 g/mol. The Bertz CT molecular complexity index is 168. The predicted octanol–water partition coefficient (Wildman–Crippen LogP) is 3.17. The Morgan fingerprint density at radius 2 is 1.71 bits per heavy atom. The molecule has 0 aromatic carbocycles. The van der Waals surface area contributed by atoms with Gasteiger partial charge in [-0.1, -0.05) is 19.3 Å². The molecule has 0 heterocycles. The van der Waals surface area contributed by atoms with Gasteiger partial charge in [0, 0.05) is 5.38 Å². The van der Waals surface area contributed by atoms with Crippen LogP contribution >= 0.6 is 11.6 Å². The molecule has 2 fully saturated rings. The summed E-state index contributed by atoms with van der Waals surface area (Å²) in [5.41, 5.74) is 0. The molecule has 0 aromatic heterocycles. The molecule has 2 aliphatic rings. The van der Waals surface area contributed by atoms with E-state index in [4.69, 9.17) is 11.6 Å². The number of halogens is 1. The molecule has 2 heteroatoms. The van der Waals surface area contributed by atoms with Gasteiger partial charge in [0.05, 0.1) is 0 Å². The minimum absolute atomic E-state index is 0.442. The van der Waals surface area contributed by atoms with Crippen molar-refractivity contribution in [3.8, 4) is 0 Å². The Morgan fingerprint density at radius 3 is 2.36 bits per heavy atom. The molecule has 2 rings (SSSR count). The summed E-state index contributed by atoms with van der Waals surface area (Å²) >= 11 is 6.31. The summed E-state index contributed by atoms with van der Waals surface area (Å²) in [4.78, 5) is 0. The molecule has 0 spiro atoms. The molecule has 1 nitrogen and oxygen atoms in total. The fourth-order valence-electron chi connectivity index (χ4n) is 2.56. The largest absolute Gasteiger partial charge is 0.316 e. The van der Waals surface area contributed by atoms with Gasteiger partial charge >= 0.3 is 0 Å². The molecule has 2 saturated carbocycles. The smallest absolute Gasteiger partial charge is 0.0376 e. The Balaban J connectivity index is 1.58. The highest BCUT2D eigenvalue weighted by Crippen LogP contribution is 2.29. The minimum Gasteiger partial charge on any atom is -0.316 e. The molecular formula is C12H22ClN. The van der Waals surface area contributed by atoms with Gasteiger partial charge in [0.15, 0.2) is 0 Å². The molecule has 0 aromatic rings. The highest BCUT2D eigenvalue weighted by molar-refractivity contribution is 6.20. The summed E-state index contributed by atoms with van der Waals surface area (Å²) in [5, 5.41) is 4.05. The maximum Gasteiger partial charge on any atom is 0.0376 e. The summed E-state index contributed by atoms with van der Waals surface area (Å²) in [5.74, 6) is 1.72. The minimum atomic E-state index is 0.442. The second-order valence-electron chi connectivity index (χ2n) is 5.02. The van der Waals surface area contributed by atoms with Crippen LogP contribution in [-0.2, 0) is 0 Å². The first-order chi connectivity index (χ1) is 6.86. The van der Waals surface area contributed by atoms with Crippen molar-refractivity contribution in [3.05, 3.63) is 0 Å². The van der Waals surface area contributed by atoms with Crippen LogP contribution < -0.4 is 5.32 Å². The lowest BCUT2D eigenvalue weighted by atomic mass is 9.85. The fraction of sp³-hybridized carbons (Fsp3) is 1.00. The second kappa shape index (κ2) is 5.37. The van der Waals surface area contributed by atoms with Crippen LogP contribution in [0.15, 0.2) is 0 Å². The number of nitrogens with one attached hydrogen (secondary N) is 1. The lowest BCUT2D eigenvalue weighted by molar-refractivity contribution is 0.281. The van der Waals surface area contributed by atoms with Crippen LogP contribution in [0, 0.1) is 11.8 Å². The van der Waals surface area contributed by atoms with E-state index in [0.29, 0.717) is 5.38 Å². The van der Waals surface area contributed by atoms with Gasteiger partial charge in [-0.05, 0) is 50.6 Å². The quantitative estimate of drug-likeness (QED) is 0.711. The Kier molecular flexibility index (Phi) is 4.12. The molecule has 0 aliphatic heterocycles. The molecule has 2 unspecified atom stereocenters. The van der Waals surface area contributed by atoms with Crippen molar-refractivity contribution in [2.45, 2.75) is 50.3 Å². The molecule has 82 valence electrons. The van der Waals surface area contributed by atoms with Crippen LogP contribution in [0.4, 0.5) is 0 Å². The van der Waals surface area contributed by atoms with Crippen molar-refractivity contribution in [1.29, 1.82) is 0 Å². The summed E-state index contributed by atoms with van der Waals surface area (Å²) in [7, 11) is 0. The third-order valence-corrected chi connectivity index (χ3v) is 4.46. The van der Waals surface area contributed by atoms with Crippen LogP contribution in [0.1, 0.15) is 44.9 Å². The molecule has 0 amide bonds. The van der Waals surface area contributed by atoms with E-state index < -0.39 is 0 Å². The Hall–Kier alpha value is 0.250. The third kappa shape index (κ3) is 2.87. The second-order valence-corrected chi connectivity index (χ2v) is 5.58. The van der Waals surface area contributed by atoms with Crippen molar-refractivity contribution in [2.24, 2.45) is 11.8 Å². The molecule has 2 aliphatic carbocycles. The molecule has 14 heavy (non-hydrogen) atoms. The van der Waals surface area contributed by atoms with E-state index in [1.165, 1.54) is 51.5 Å². The highest BCUT2D eigenvalue weighted by atomic mass is 35.5. The Morgan fingerprint density at radius 1 is 0.929 bits per heavy atom. The van der Waals surface area contributed by atoms with E-state index in [0.717, 1.165) is 18.4 Å². The van der Waals surface area contributed by atoms with E-state index in [1.807, 2.05) is 0 Å². The van der Waals surface area contributed by atoms with Crippen molar-refractivity contribution >= 4 is 11.6 Å². The molecule has 0 radical (unpaired) electrons. The van der Waals surface area contributed by atoms with Gasteiger partial charge in [-0.2, -0.15) is 0 Å². The van der Waals surface area contributed by atoms with Crippen molar-refractivity contribution in [1.82, 2.24) is 5.32 Å². The standard InChI is InChI=1S/C12H22ClN/c13-12-7-2-1-6-11(12)9-14-8-10-4-3-5-10/h10-12,14H,1-9H2. The van der Waals surface area contributed by atoms with Gasteiger partial charge in [0.25, 0.3) is 0 Å². The van der Waals surface area contributed by atoms with Crippen LogP contribution in [0.5, 0.6) is 0 Å². The van der Waals surface area contributed by atoms with Crippen LogP contribution in [0.3, 0.4) is 0 Å². The van der Waals surface area contributed by atoms with Gasteiger partial charge < -0.3 is 5.32 Å². The zero-order valence-electron chi connectivity index (χ0n) is 8.97. The van der Waals surface area contributed by atoms with Crippen molar-refractivity contribution < 1.29 is 0 Å². The van der Waals surface area contributed by atoms with Crippen LogP contribution in [0.25, 0.3) is 0 Å². The normalized spacial score (nSPS) is 34.1. The van der Waals surface area contributed by atoms with Crippen molar-refractivity contribution in [3.63, 3.8) is 0 Å². The van der Waals surface area contributed by atoms with Crippen LogP contribution in [0.2, 0.25) is 0 Å². The number of rotatable bonds is 4. The molecule has 1 N–H and O–H groups in total. The Labute approximate surface area is 92.6 Å². The number of hydrogen-bond acceptors (Lipinski definition) is 1. The average Bonchev–Trinajstić information content (AvgIpc) is 2.12. The third-order valence-electron chi connectivity index (χ3n) is 3.88. The van der Waals surface area contributed by atoms with E-state index in [2.05, 4.69) is 5.32 Å². The van der Waals surface area contributed by atoms with Gasteiger partial charge in [0.2, 0.25) is 0 Å². The number of hydrogen-bond donors (Lipinski definition) is 1. The van der Waals surface area contributed by atoms with Gasteiger partial charge in [0.1, 0.15) is 0 Å². The lowest BCUT2D eigenvalue weighted by Gasteiger charge is -2.30. The first-order valence-corrected chi connectivity index (χ1v) is 6.64. The topological polar surface area (TPSA) is 12.0 Å². The number of alkyl halides is 1. The van der Waals surface area contributed by atoms with Gasteiger partial charge in [-0.25, -0.2) is 0 Å². The molecular weight excluding hydrogens is 194 g/mol. The SMILES string of the molecule is ClC1CCCCC1CNCC1CCC1. The molecule has 0 saturated heterocycles. The zero-order valence-corrected chi connectivity index (χ0v) is 9.73. The van der Waals surface area contributed by atoms with E-state index in [1.54, 1.807) is 0 Å². The monoisotopic (exact) mass is 215 g/mol. The summed E-state index contributed by atoms with van der Waals surface area (Å²) < 4.78 is 0.